The summed E-state index contributed by atoms with van der Waals surface area (Å²) in [6.07, 6.45) is 0. The zero-order chi connectivity index (χ0) is 19.8. The fourth-order valence-electron chi connectivity index (χ4n) is 2.76. The average molecular weight is 385 g/mol. The smallest absolute Gasteiger partial charge is 0.262 e. The lowest BCUT2D eigenvalue weighted by molar-refractivity contribution is 0.584. The maximum absolute atomic E-state index is 13.0. The molecule has 1 heterocycles. The Hall–Kier alpha value is -2.74. The van der Waals surface area contributed by atoms with E-state index in [1.807, 2.05) is 18.2 Å². The predicted octanol–water partition coefficient (Wildman–Crippen LogP) is 3.28. The van der Waals surface area contributed by atoms with E-state index in [2.05, 4.69) is 41.0 Å². The molecule has 0 aliphatic rings. The summed E-state index contributed by atoms with van der Waals surface area (Å²) in [7, 11) is -2.00. The van der Waals surface area contributed by atoms with Crippen molar-refractivity contribution in [3.63, 3.8) is 0 Å². The summed E-state index contributed by atoms with van der Waals surface area (Å²) in [5, 5.41) is 11.4. The Balaban J connectivity index is 1.97. The molecule has 0 saturated heterocycles. The number of rotatable bonds is 4. The van der Waals surface area contributed by atoms with Crippen LogP contribution in [0.25, 0.3) is 11.4 Å². The van der Waals surface area contributed by atoms with Crippen molar-refractivity contribution in [2.45, 2.75) is 38.0 Å². The van der Waals surface area contributed by atoms with Crippen LogP contribution in [0.5, 0.6) is 0 Å². The molecule has 0 radical (unpaired) electrons. The molecule has 3 rings (SSSR count). The number of benzene rings is 2. The van der Waals surface area contributed by atoms with E-state index in [0.717, 1.165) is 11.1 Å². The molecular weight excluding hydrogens is 362 g/mol. The molecule has 0 fully saturated rings. The summed E-state index contributed by atoms with van der Waals surface area (Å²) >= 11 is 0. The highest BCUT2D eigenvalue weighted by Gasteiger charge is 2.22. The molecule has 0 atom stereocenters. The van der Waals surface area contributed by atoms with Gasteiger partial charge in [0.15, 0.2) is 5.82 Å². The van der Waals surface area contributed by atoms with Gasteiger partial charge in [0.25, 0.3) is 10.0 Å². The summed E-state index contributed by atoms with van der Waals surface area (Å²) in [6.45, 7) is 7.96. The van der Waals surface area contributed by atoms with Gasteiger partial charge in [-0.15, -0.1) is 5.10 Å². The van der Waals surface area contributed by atoms with Crippen LogP contribution in [-0.2, 0) is 22.5 Å². The van der Waals surface area contributed by atoms with Crippen LogP contribution in [-0.4, -0.2) is 28.6 Å². The molecular formula is C19H23N5O2S. The van der Waals surface area contributed by atoms with Crippen molar-refractivity contribution in [3.05, 3.63) is 53.6 Å². The van der Waals surface area contributed by atoms with Crippen molar-refractivity contribution in [2.75, 3.05) is 4.72 Å². The van der Waals surface area contributed by atoms with Crippen molar-refractivity contribution in [1.82, 2.24) is 20.2 Å². The Labute approximate surface area is 159 Å². The Morgan fingerprint density at radius 1 is 1.07 bits per heavy atom. The van der Waals surface area contributed by atoms with Crippen LogP contribution in [0.1, 0.15) is 31.9 Å². The molecule has 2 aromatic carbocycles. The lowest BCUT2D eigenvalue weighted by Crippen LogP contribution is -2.17. The first-order valence-electron chi connectivity index (χ1n) is 8.55. The molecule has 3 aromatic rings. The third-order valence-electron chi connectivity index (χ3n) is 4.34. The largest absolute Gasteiger partial charge is 0.280 e. The van der Waals surface area contributed by atoms with E-state index in [0.29, 0.717) is 17.1 Å². The number of aryl methyl sites for hydroxylation is 2. The summed E-state index contributed by atoms with van der Waals surface area (Å²) in [5.74, 6) is 0.557. The third-order valence-corrected chi connectivity index (χ3v) is 5.86. The molecule has 0 aliphatic carbocycles. The molecule has 0 spiro atoms. The first-order valence-corrected chi connectivity index (χ1v) is 10.0. The number of tetrazole rings is 1. The molecule has 7 nitrogen and oxygen atoms in total. The lowest BCUT2D eigenvalue weighted by atomic mass is 9.87. The van der Waals surface area contributed by atoms with Crippen molar-refractivity contribution < 1.29 is 8.42 Å². The van der Waals surface area contributed by atoms with Gasteiger partial charge in [-0.3, -0.25) is 4.72 Å². The minimum absolute atomic E-state index is 0.143. The fourth-order valence-corrected chi connectivity index (χ4v) is 4.08. The zero-order valence-electron chi connectivity index (χ0n) is 16.1. The van der Waals surface area contributed by atoms with Gasteiger partial charge in [-0.05, 0) is 52.1 Å². The van der Waals surface area contributed by atoms with Gasteiger partial charge < -0.3 is 0 Å². The molecule has 8 heteroatoms. The summed E-state index contributed by atoms with van der Waals surface area (Å²) in [4.78, 5) is 0.278. The SMILES string of the molecule is Cc1ccc(C(C)(C)C)cc1S(=O)(=O)Nc1cccc(-c2nnnn2C)c1. The van der Waals surface area contributed by atoms with Crippen LogP contribution in [0.4, 0.5) is 5.69 Å². The Morgan fingerprint density at radius 2 is 1.81 bits per heavy atom. The molecule has 142 valence electrons. The number of aromatic nitrogens is 4. The second-order valence-electron chi connectivity index (χ2n) is 7.54. The summed E-state index contributed by atoms with van der Waals surface area (Å²) in [5.41, 5.74) is 2.70. The van der Waals surface area contributed by atoms with Gasteiger partial charge in [-0.1, -0.05) is 45.0 Å². The molecule has 0 aliphatic heterocycles. The average Bonchev–Trinajstić information content (AvgIpc) is 3.00. The van der Waals surface area contributed by atoms with Crippen LogP contribution in [0, 0.1) is 6.92 Å². The van der Waals surface area contributed by atoms with E-state index < -0.39 is 10.0 Å². The minimum Gasteiger partial charge on any atom is -0.280 e. The van der Waals surface area contributed by atoms with Crippen molar-refractivity contribution >= 4 is 15.7 Å². The lowest BCUT2D eigenvalue weighted by Gasteiger charge is -2.21. The highest BCUT2D eigenvalue weighted by atomic mass is 32.2. The van der Waals surface area contributed by atoms with Gasteiger partial charge in [0, 0.05) is 18.3 Å². The monoisotopic (exact) mass is 385 g/mol. The van der Waals surface area contributed by atoms with Gasteiger partial charge >= 0.3 is 0 Å². The number of nitrogens with zero attached hydrogens (tertiary/aromatic N) is 4. The maximum Gasteiger partial charge on any atom is 0.262 e. The van der Waals surface area contributed by atoms with Crippen LogP contribution in [0.3, 0.4) is 0 Å². The van der Waals surface area contributed by atoms with Crippen LogP contribution >= 0.6 is 0 Å². The molecule has 27 heavy (non-hydrogen) atoms. The van der Waals surface area contributed by atoms with E-state index in [1.54, 1.807) is 38.2 Å². The second-order valence-corrected chi connectivity index (χ2v) is 9.19. The van der Waals surface area contributed by atoms with Crippen molar-refractivity contribution in [1.29, 1.82) is 0 Å². The standard InChI is InChI=1S/C19H23N5O2S/c1-13-9-10-15(19(2,3)4)12-17(13)27(25,26)21-16-8-6-7-14(11-16)18-20-22-23-24(18)5/h6-12,21H,1-5H3. The first kappa shape index (κ1) is 19.0. The number of hydrogen-bond acceptors (Lipinski definition) is 5. The minimum atomic E-state index is -3.73. The van der Waals surface area contributed by atoms with Crippen molar-refractivity contribution in [2.24, 2.45) is 7.05 Å². The number of anilines is 1. The zero-order valence-corrected chi connectivity index (χ0v) is 16.9. The highest BCUT2D eigenvalue weighted by molar-refractivity contribution is 7.92. The normalized spacial score (nSPS) is 12.2. The van der Waals surface area contributed by atoms with E-state index in [1.165, 1.54) is 4.68 Å². The van der Waals surface area contributed by atoms with Crippen LogP contribution in [0.15, 0.2) is 47.4 Å². The Morgan fingerprint density at radius 3 is 2.44 bits per heavy atom. The van der Waals surface area contributed by atoms with Crippen LogP contribution in [0.2, 0.25) is 0 Å². The van der Waals surface area contributed by atoms with Crippen LogP contribution < -0.4 is 4.72 Å². The van der Waals surface area contributed by atoms with E-state index >= 15 is 0 Å². The topological polar surface area (TPSA) is 89.8 Å². The molecule has 1 N–H and O–H groups in total. The molecule has 0 unspecified atom stereocenters. The number of nitrogens with one attached hydrogen (secondary N) is 1. The molecule has 0 bridgehead atoms. The van der Waals surface area contributed by atoms with E-state index in [9.17, 15) is 8.42 Å². The van der Waals surface area contributed by atoms with Gasteiger partial charge in [0.05, 0.1) is 4.90 Å². The Bertz CT molecular complexity index is 1080. The summed E-state index contributed by atoms with van der Waals surface area (Å²) in [6, 6.07) is 12.6. The van der Waals surface area contributed by atoms with Gasteiger partial charge in [-0.25, -0.2) is 13.1 Å². The second kappa shape index (κ2) is 6.77. The van der Waals surface area contributed by atoms with E-state index in [-0.39, 0.29) is 10.3 Å². The third kappa shape index (κ3) is 4.00. The quantitative estimate of drug-likeness (QED) is 0.744. The number of hydrogen-bond donors (Lipinski definition) is 1. The van der Waals surface area contributed by atoms with Gasteiger partial charge in [0.2, 0.25) is 0 Å². The fraction of sp³-hybridized carbons (Fsp3) is 0.316. The van der Waals surface area contributed by atoms with Gasteiger partial charge in [0.1, 0.15) is 0 Å². The van der Waals surface area contributed by atoms with Gasteiger partial charge in [-0.2, -0.15) is 0 Å². The Kier molecular flexibility index (Phi) is 4.77. The molecule has 1 aromatic heterocycles. The first-order chi connectivity index (χ1) is 12.6. The van der Waals surface area contributed by atoms with Crippen molar-refractivity contribution in [3.8, 4) is 11.4 Å². The summed E-state index contributed by atoms with van der Waals surface area (Å²) < 4.78 is 30.2. The molecule has 0 amide bonds. The predicted molar refractivity (Wildman–Crippen MR) is 105 cm³/mol. The number of sulfonamides is 1. The van der Waals surface area contributed by atoms with E-state index in [4.69, 9.17) is 0 Å². The maximum atomic E-state index is 13.0. The molecule has 0 saturated carbocycles. The highest BCUT2D eigenvalue weighted by Crippen LogP contribution is 2.28.